The zero-order valence-electron chi connectivity index (χ0n) is 18.6. The second-order valence-electron chi connectivity index (χ2n) is 8.03. The Balaban J connectivity index is 1.52. The van der Waals surface area contributed by atoms with Gasteiger partial charge in [-0.1, -0.05) is 15.9 Å². The Morgan fingerprint density at radius 1 is 1.15 bits per heavy atom. The van der Waals surface area contributed by atoms with Gasteiger partial charge in [-0.05, 0) is 68.8 Å². The highest BCUT2D eigenvalue weighted by Gasteiger charge is 2.36. The van der Waals surface area contributed by atoms with Crippen LogP contribution < -0.4 is 10.2 Å². The van der Waals surface area contributed by atoms with Crippen molar-refractivity contribution in [3.63, 3.8) is 0 Å². The highest BCUT2D eigenvalue weighted by molar-refractivity contribution is 9.10. The topological polar surface area (TPSA) is 102 Å². The summed E-state index contributed by atoms with van der Waals surface area (Å²) in [5, 5.41) is 2.67. The minimum absolute atomic E-state index is 0.0104. The van der Waals surface area contributed by atoms with Crippen molar-refractivity contribution >= 4 is 51.1 Å². The van der Waals surface area contributed by atoms with Gasteiger partial charge in [-0.3, -0.25) is 14.4 Å². The summed E-state index contributed by atoms with van der Waals surface area (Å²) in [4.78, 5) is 50.4. The number of esters is 2. The van der Waals surface area contributed by atoms with E-state index in [1.165, 1.54) is 4.90 Å². The number of anilines is 2. The van der Waals surface area contributed by atoms with Crippen molar-refractivity contribution in [2.75, 3.05) is 23.4 Å². The number of rotatable bonds is 7. The number of carbonyl (C=O) groups is 4. The van der Waals surface area contributed by atoms with Gasteiger partial charge in [0.15, 0.2) is 6.61 Å². The van der Waals surface area contributed by atoms with Gasteiger partial charge in [-0.15, -0.1) is 0 Å². The number of benzene rings is 2. The first-order chi connectivity index (χ1) is 15.6. The summed E-state index contributed by atoms with van der Waals surface area (Å²) in [5.74, 6) is -2.42. The smallest absolute Gasteiger partial charge is 0.338 e. The molecule has 2 aromatic carbocycles. The molecule has 174 valence electrons. The minimum atomic E-state index is -0.675. The molecule has 0 aromatic heterocycles. The Morgan fingerprint density at radius 3 is 2.48 bits per heavy atom. The number of hydrogen-bond acceptors (Lipinski definition) is 6. The van der Waals surface area contributed by atoms with Crippen LogP contribution in [0, 0.1) is 12.8 Å². The largest absolute Gasteiger partial charge is 0.459 e. The van der Waals surface area contributed by atoms with E-state index in [0.29, 0.717) is 16.9 Å². The molecule has 33 heavy (non-hydrogen) atoms. The molecule has 1 fully saturated rings. The van der Waals surface area contributed by atoms with Gasteiger partial charge in [-0.25, -0.2) is 4.79 Å². The summed E-state index contributed by atoms with van der Waals surface area (Å²) >= 11 is 3.39. The Morgan fingerprint density at radius 2 is 1.85 bits per heavy atom. The van der Waals surface area contributed by atoms with Crippen LogP contribution in [0.1, 0.15) is 36.2 Å². The first-order valence-electron chi connectivity index (χ1n) is 10.5. The van der Waals surface area contributed by atoms with Crippen molar-refractivity contribution in [2.24, 2.45) is 5.92 Å². The quantitative estimate of drug-likeness (QED) is 0.560. The molecule has 0 bridgehead atoms. The van der Waals surface area contributed by atoms with Gasteiger partial charge in [0, 0.05) is 28.8 Å². The number of ether oxygens (including phenoxy) is 2. The molecule has 0 unspecified atom stereocenters. The fourth-order valence-corrected chi connectivity index (χ4v) is 3.60. The van der Waals surface area contributed by atoms with Crippen LogP contribution in [0.5, 0.6) is 0 Å². The van der Waals surface area contributed by atoms with Gasteiger partial charge in [0.25, 0.3) is 5.91 Å². The van der Waals surface area contributed by atoms with E-state index in [1.807, 2.05) is 13.0 Å². The van der Waals surface area contributed by atoms with E-state index in [2.05, 4.69) is 21.2 Å². The molecule has 0 aliphatic carbocycles. The molecular formula is C24H25BrN2O6. The van der Waals surface area contributed by atoms with Crippen LogP contribution >= 0.6 is 15.9 Å². The molecule has 1 atom stereocenters. The molecule has 1 heterocycles. The third kappa shape index (κ3) is 6.41. The molecule has 1 aliphatic rings. The molecule has 0 saturated carbocycles. The molecule has 8 nitrogen and oxygen atoms in total. The Kier molecular flexibility index (Phi) is 7.86. The fourth-order valence-electron chi connectivity index (χ4n) is 3.35. The number of halogens is 1. The predicted molar refractivity (Wildman–Crippen MR) is 126 cm³/mol. The van der Waals surface area contributed by atoms with Crippen molar-refractivity contribution in [1.29, 1.82) is 0 Å². The third-order valence-corrected chi connectivity index (χ3v) is 5.89. The standard InChI is InChI=1S/C24H25BrN2O6/c1-14(2)33-24(31)16-4-7-19(8-5-16)27-12-17(11-22(27)29)23(30)32-13-21(28)26-18-6-9-20(25)15(3)10-18/h4-10,14,17H,11-13H2,1-3H3,(H,26,28)/t17-/m1/s1. The van der Waals surface area contributed by atoms with Crippen LogP contribution in [-0.2, 0) is 23.9 Å². The molecule has 0 radical (unpaired) electrons. The van der Waals surface area contributed by atoms with Crippen LogP contribution in [0.4, 0.5) is 11.4 Å². The van der Waals surface area contributed by atoms with Crippen LogP contribution in [0.15, 0.2) is 46.9 Å². The maximum atomic E-state index is 12.4. The molecule has 2 amide bonds. The Labute approximate surface area is 200 Å². The average molecular weight is 517 g/mol. The molecule has 0 spiro atoms. The maximum absolute atomic E-state index is 12.4. The van der Waals surface area contributed by atoms with Crippen LogP contribution in [0.2, 0.25) is 0 Å². The highest BCUT2D eigenvalue weighted by atomic mass is 79.9. The van der Waals surface area contributed by atoms with E-state index < -0.39 is 30.4 Å². The highest BCUT2D eigenvalue weighted by Crippen LogP contribution is 2.26. The van der Waals surface area contributed by atoms with Gasteiger partial charge in [0.2, 0.25) is 5.91 Å². The van der Waals surface area contributed by atoms with Gasteiger partial charge in [0.05, 0.1) is 17.6 Å². The lowest BCUT2D eigenvalue weighted by Crippen LogP contribution is -2.28. The van der Waals surface area contributed by atoms with Crippen LogP contribution in [0.25, 0.3) is 0 Å². The Bertz CT molecular complexity index is 1070. The number of nitrogens with zero attached hydrogens (tertiary/aromatic N) is 1. The lowest BCUT2D eigenvalue weighted by molar-refractivity contribution is -0.151. The monoisotopic (exact) mass is 516 g/mol. The number of aryl methyl sites for hydroxylation is 1. The predicted octanol–water partition coefficient (Wildman–Crippen LogP) is 3.86. The normalized spacial score (nSPS) is 15.5. The molecule has 9 heteroatoms. The zero-order chi connectivity index (χ0) is 24.1. The second-order valence-corrected chi connectivity index (χ2v) is 8.88. The SMILES string of the molecule is Cc1cc(NC(=O)COC(=O)[C@@H]2CC(=O)N(c3ccc(C(=O)OC(C)C)cc3)C2)ccc1Br. The number of nitrogens with one attached hydrogen (secondary N) is 1. The molecule has 1 aliphatic heterocycles. The molecule has 1 N–H and O–H groups in total. The fraction of sp³-hybridized carbons (Fsp3) is 0.333. The van der Waals surface area contributed by atoms with Crippen molar-refractivity contribution in [3.05, 3.63) is 58.1 Å². The summed E-state index contributed by atoms with van der Waals surface area (Å²) in [7, 11) is 0. The van der Waals surface area contributed by atoms with E-state index >= 15 is 0 Å². The van der Waals surface area contributed by atoms with Crippen LogP contribution in [0.3, 0.4) is 0 Å². The third-order valence-electron chi connectivity index (χ3n) is 5.00. The van der Waals surface area contributed by atoms with E-state index in [9.17, 15) is 19.2 Å². The van der Waals surface area contributed by atoms with Crippen LogP contribution in [-0.4, -0.2) is 43.0 Å². The average Bonchev–Trinajstić information content (AvgIpc) is 3.16. The van der Waals surface area contributed by atoms with E-state index in [0.717, 1.165) is 10.0 Å². The minimum Gasteiger partial charge on any atom is -0.459 e. The van der Waals surface area contributed by atoms with E-state index in [1.54, 1.807) is 50.2 Å². The molecule has 3 rings (SSSR count). The zero-order valence-corrected chi connectivity index (χ0v) is 20.2. The molecule has 2 aromatic rings. The van der Waals surface area contributed by atoms with E-state index in [4.69, 9.17) is 9.47 Å². The summed E-state index contributed by atoms with van der Waals surface area (Å²) < 4.78 is 11.2. The lowest BCUT2D eigenvalue weighted by atomic mass is 10.1. The van der Waals surface area contributed by atoms with Crippen molar-refractivity contribution in [3.8, 4) is 0 Å². The molecular weight excluding hydrogens is 492 g/mol. The summed E-state index contributed by atoms with van der Waals surface area (Å²) in [6.45, 7) is 5.12. The number of amides is 2. The molecule has 1 saturated heterocycles. The van der Waals surface area contributed by atoms with Gasteiger partial charge in [-0.2, -0.15) is 0 Å². The first kappa shape index (κ1) is 24.4. The summed E-state index contributed by atoms with van der Waals surface area (Å²) in [5.41, 5.74) is 2.50. The Hall–Kier alpha value is -3.20. The van der Waals surface area contributed by atoms with Gasteiger partial charge >= 0.3 is 11.9 Å². The number of hydrogen-bond donors (Lipinski definition) is 1. The number of carbonyl (C=O) groups excluding carboxylic acids is 4. The summed E-state index contributed by atoms with van der Waals surface area (Å²) in [6, 6.07) is 11.8. The first-order valence-corrected chi connectivity index (χ1v) is 11.3. The van der Waals surface area contributed by atoms with Crippen molar-refractivity contribution in [1.82, 2.24) is 0 Å². The van der Waals surface area contributed by atoms with Gasteiger partial charge < -0.3 is 19.7 Å². The lowest BCUT2D eigenvalue weighted by Gasteiger charge is -2.17. The van der Waals surface area contributed by atoms with Crippen molar-refractivity contribution < 1.29 is 28.7 Å². The van der Waals surface area contributed by atoms with Crippen molar-refractivity contribution in [2.45, 2.75) is 33.3 Å². The summed E-state index contributed by atoms with van der Waals surface area (Å²) in [6.07, 6.45) is -0.242. The second kappa shape index (κ2) is 10.6. The van der Waals surface area contributed by atoms with Gasteiger partial charge in [0.1, 0.15) is 0 Å². The maximum Gasteiger partial charge on any atom is 0.338 e. The van der Waals surface area contributed by atoms with E-state index in [-0.39, 0.29) is 25.0 Å².